The second-order valence-corrected chi connectivity index (χ2v) is 4.60. The Bertz CT molecular complexity index is 592. The predicted octanol–water partition coefficient (Wildman–Crippen LogP) is -0.259. The Morgan fingerprint density at radius 2 is 2.52 bits per heavy atom. The molecule has 0 bridgehead atoms. The largest absolute Gasteiger partial charge is 0.393 e. The van der Waals surface area contributed by atoms with Gasteiger partial charge in [0.05, 0.1) is 14.5 Å². The second-order valence-electron chi connectivity index (χ2n) is 4.60. The highest BCUT2D eigenvalue weighted by atomic mass is 19.1. The third-order valence-corrected chi connectivity index (χ3v) is 3.31. The van der Waals surface area contributed by atoms with Crippen molar-refractivity contribution in [2.45, 2.75) is 24.1 Å². The molecule has 2 rings (SSSR count). The van der Waals surface area contributed by atoms with Crippen molar-refractivity contribution in [1.29, 1.82) is 0 Å². The van der Waals surface area contributed by atoms with Crippen molar-refractivity contribution < 1.29 is 20.7 Å². The zero-order valence-corrected chi connectivity index (χ0v) is 10.9. The monoisotopic (exact) mass is 299 g/mol. The minimum atomic E-state index is -1.95. The van der Waals surface area contributed by atoms with E-state index in [1.54, 1.807) is 0 Å². The van der Waals surface area contributed by atoms with Crippen LogP contribution in [0.5, 0.6) is 0 Å². The number of alkyl halides is 1. The number of nitrogens with zero attached hydrogens (tertiary/aromatic N) is 5. The maximum atomic E-state index is 14.4. The molecular weight excluding hydrogens is 283 g/mol. The SMILES string of the molecule is [2H]C1=CN([C@@H]2O[C@@](CO)(CN=[N+]=[N-])[C@@H](O)[C@H]2F)C(=C)N=C1N. The minimum Gasteiger partial charge on any atom is -0.393 e. The van der Waals surface area contributed by atoms with Crippen LogP contribution in [0.2, 0.25) is 0 Å². The Labute approximate surface area is 120 Å². The van der Waals surface area contributed by atoms with E-state index in [1.165, 1.54) is 0 Å². The Kier molecular flexibility index (Phi) is 3.76. The summed E-state index contributed by atoms with van der Waals surface area (Å²) in [6.45, 7) is 2.36. The van der Waals surface area contributed by atoms with E-state index in [-0.39, 0.29) is 17.7 Å². The highest BCUT2D eigenvalue weighted by molar-refractivity contribution is 5.92. The second kappa shape index (κ2) is 5.70. The van der Waals surface area contributed by atoms with Crippen LogP contribution >= 0.6 is 0 Å². The zero-order chi connectivity index (χ0) is 16.5. The molecule has 0 radical (unpaired) electrons. The molecular formula is C11H15FN6O3. The van der Waals surface area contributed by atoms with Crippen LogP contribution in [-0.2, 0) is 4.74 Å². The average molecular weight is 299 g/mol. The van der Waals surface area contributed by atoms with Crippen molar-refractivity contribution in [3.8, 4) is 0 Å². The quantitative estimate of drug-likeness (QED) is 0.372. The number of nitrogens with two attached hydrogens (primary N) is 1. The molecule has 0 unspecified atom stereocenters. The summed E-state index contributed by atoms with van der Waals surface area (Å²) >= 11 is 0. The van der Waals surface area contributed by atoms with Crippen molar-refractivity contribution in [2.75, 3.05) is 13.2 Å². The summed E-state index contributed by atoms with van der Waals surface area (Å²) in [5.41, 5.74) is 12.1. The van der Waals surface area contributed by atoms with E-state index in [4.69, 9.17) is 17.4 Å². The molecule has 0 aromatic rings. The lowest BCUT2D eigenvalue weighted by Gasteiger charge is -2.31. The van der Waals surface area contributed by atoms with Crippen molar-refractivity contribution in [2.24, 2.45) is 15.8 Å². The molecule has 0 aromatic carbocycles. The van der Waals surface area contributed by atoms with E-state index in [2.05, 4.69) is 21.6 Å². The Balaban J connectivity index is 2.30. The number of aliphatic hydroxyl groups is 2. The van der Waals surface area contributed by atoms with E-state index >= 15 is 0 Å². The molecule has 0 saturated carbocycles. The standard InChI is InChI=1S/C11H15FN6O3/c1-6-16-7(13)2-3-18(6)10-8(12)9(20)11(5-19,21-10)4-15-17-14/h2-3,8-10,19-20H,1,4-5H2,(H2,13,16)/t8-,9+,10-,11-/m1/s1/i2D. The molecule has 21 heavy (non-hydrogen) atoms. The molecule has 0 aromatic heterocycles. The van der Waals surface area contributed by atoms with Gasteiger partial charge in [-0.3, -0.25) is 0 Å². The molecule has 1 fully saturated rings. The summed E-state index contributed by atoms with van der Waals surface area (Å²) in [7, 11) is 0. The number of rotatable bonds is 4. The fourth-order valence-electron chi connectivity index (χ4n) is 2.15. The van der Waals surface area contributed by atoms with Gasteiger partial charge in [-0.2, -0.15) is 0 Å². The smallest absolute Gasteiger partial charge is 0.174 e. The number of amidine groups is 1. The van der Waals surface area contributed by atoms with Crippen LogP contribution in [0.1, 0.15) is 1.37 Å². The number of aliphatic hydroxyl groups excluding tert-OH is 2. The Hall–Kier alpha value is -2.13. The van der Waals surface area contributed by atoms with Gasteiger partial charge in [0.1, 0.15) is 23.4 Å². The van der Waals surface area contributed by atoms with Crippen molar-refractivity contribution in [3.05, 3.63) is 35.1 Å². The van der Waals surface area contributed by atoms with Gasteiger partial charge in [0.25, 0.3) is 0 Å². The molecule has 4 N–H and O–H groups in total. The van der Waals surface area contributed by atoms with Gasteiger partial charge in [0.15, 0.2) is 12.4 Å². The summed E-state index contributed by atoms with van der Waals surface area (Å²) < 4.78 is 27.4. The van der Waals surface area contributed by atoms with E-state index < -0.39 is 37.3 Å². The van der Waals surface area contributed by atoms with E-state index in [1.807, 2.05) is 0 Å². The lowest BCUT2D eigenvalue weighted by molar-refractivity contribution is -0.128. The maximum absolute atomic E-state index is 14.4. The molecule has 4 atom stereocenters. The first-order valence-electron chi connectivity index (χ1n) is 6.48. The number of aliphatic imine (C=N–C) groups is 1. The fraction of sp³-hybridized carbons (Fsp3) is 0.545. The number of hydrogen-bond donors (Lipinski definition) is 3. The molecule has 1 saturated heterocycles. The highest BCUT2D eigenvalue weighted by Crippen LogP contribution is 2.37. The number of halogens is 1. The van der Waals surface area contributed by atoms with Crippen LogP contribution < -0.4 is 5.73 Å². The molecule has 114 valence electrons. The molecule has 9 nitrogen and oxygen atoms in total. The summed E-state index contributed by atoms with van der Waals surface area (Å²) in [6, 6.07) is -0.172. The average Bonchev–Trinajstić information content (AvgIpc) is 2.74. The van der Waals surface area contributed by atoms with Crippen LogP contribution in [0.15, 0.2) is 34.8 Å². The van der Waals surface area contributed by atoms with Crippen LogP contribution in [0.25, 0.3) is 10.4 Å². The van der Waals surface area contributed by atoms with Crippen LogP contribution in [0.4, 0.5) is 4.39 Å². The number of hydrogen-bond acceptors (Lipinski definition) is 7. The lowest BCUT2D eigenvalue weighted by Crippen LogP contribution is -2.48. The summed E-state index contributed by atoms with van der Waals surface area (Å²) in [5, 5.41) is 22.7. The van der Waals surface area contributed by atoms with Crippen LogP contribution in [-0.4, -0.2) is 58.2 Å². The van der Waals surface area contributed by atoms with E-state index in [9.17, 15) is 14.6 Å². The molecule has 0 aliphatic carbocycles. The lowest BCUT2D eigenvalue weighted by atomic mass is 9.97. The van der Waals surface area contributed by atoms with Crippen molar-refractivity contribution in [1.82, 2.24) is 4.90 Å². The molecule has 2 aliphatic rings. The Morgan fingerprint density at radius 3 is 3.14 bits per heavy atom. The van der Waals surface area contributed by atoms with Gasteiger partial charge in [-0.15, -0.1) is 0 Å². The summed E-state index contributed by atoms with van der Waals surface area (Å²) in [4.78, 5) is 7.39. The summed E-state index contributed by atoms with van der Waals surface area (Å²) in [6.07, 6.45) is -3.90. The Morgan fingerprint density at radius 1 is 1.81 bits per heavy atom. The number of azide groups is 1. The first-order valence-corrected chi connectivity index (χ1v) is 5.98. The van der Waals surface area contributed by atoms with Crippen LogP contribution in [0, 0.1) is 0 Å². The van der Waals surface area contributed by atoms with E-state index in [0.717, 1.165) is 11.1 Å². The predicted molar refractivity (Wildman–Crippen MR) is 71.3 cm³/mol. The van der Waals surface area contributed by atoms with Gasteiger partial charge in [0.2, 0.25) is 0 Å². The van der Waals surface area contributed by atoms with Gasteiger partial charge >= 0.3 is 0 Å². The summed E-state index contributed by atoms with van der Waals surface area (Å²) in [5.74, 6) is -0.0661. The maximum Gasteiger partial charge on any atom is 0.174 e. The highest BCUT2D eigenvalue weighted by Gasteiger charge is 2.56. The normalized spacial score (nSPS) is 36.7. The van der Waals surface area contributed by atoms with Gasteiger partial charge in [-0.1, -0.05) is 11.7 Å². The van der Waals surface area contributed by atoms with Crippen LogP contribution in [0.3, 0.4) is 0 Å². The minimum absolute atomic E-state index is 0.0193. The van der Waals surface area contributed by atoms with Gasteiger partial charge in [0, 0.05) is 11.1 Å². The fourth-order valence-corrected chi connectivity index (χ4v) is 2.15. The van der Waals surface area contributed by atoms with Gasteiger partial charge in [-0.25, -0.2) is 9.38 Å². The third-order valence-electron chi connectivity index (χ3n) is 3.31. The molecule has 0 spiro atoms. The topological polar surface area (TPSA) is 140 Å². The van der Waals surface area contributed by atoms with Gasteiger partial charge in [-0.05, 0) is 11.6 Å². The molecule has 2 aliphatic heterocycles. The van der Waals surface area contributed by atoms with Gasteiger partial charge < -0.3 is 25.6 Å². The zero-order valence-electron chi connectivity index (χ0n) is 11.9. The third kappa shape index (κ3) is 2.57. The van der Waals surface area contributed by atoms with Crippen molar-refractivity contribution >= 4 is 5.84 Å². The van der Waals surface area contributed by atoms with Crippen molar-refractivity contribution in [3.63, 3.8) is 0 Å². The molecule has 0 amide bonds. The first-order chi connectivity index (χ1) is 10.4. The first kappa shape index (κ1) is 13.8. The van der Waals surface area contributed by atoms with E-state index in [0.29, 0.717) is 0 Å². The molecule has 2 heterocycles. The molecule has 10 heteroatoms. The number of ether oxygens (including phenoxy) is 1.